The molecular formula is C17H26N6O4. The quantitative estimate of drug-likeness (QED) is 0.704. The second kappa shape index (κ2) is 9.70. The molecule has 0 saturated heterocycles. The van der Waals surface area contributed by atoms with E-state index < -0.39 is 0 Å². The maximum atomic E-state index is 12.2. The summed E-state index contributed by atoms with van der Waals surface area (Å²) in [7, 11) is 1.71. The number of amides is 2. The molecule has 0 atom stereocenters. The lowest BCUT2D eigenvalue weighted by Crippen LogP contribution is -2.36. The largest absolute Gasteiger partial charge is 0.483 e. The molecule has 27 heavy (non-hydrogen) atoms. The van der Waals surface area contributed by atoms with E-state index in [1.807, 2.05) is 6.33 Å². The molecule has 1 fully saturated rings. The van der Waals surface area contributed by atoms with Crippen molar-refractivity contribution in [3.05, 3.63) is 29.9 Å². The number of rotatable bonds is 7. The van der Waals surface area contributed by atoms with Gasteiger partial charge in [-0.25, -0.2) is 9.78 Å². The number of imidazole rings is 1. The molecule has 3 rings (SSSR count). The van der Waals surface area contributed by atoms with Crippen molar-refractivity contribution in [2.45, 2.75) is 52.2 Å². The van der Waals surface area contributed by atoms with Crippen molar-refractivity contribution < 1.29 is 19.2 Å². The van der Waals surface area contributed by atoms with Gasteiger partial charge in [0.25, 0.3) is 6.47 Å². The summed E-state index contributed by atoms with van der Waals surface area (Å²) < 4.78 is 7.33. The first-order chi connectivity index (χ1) is 12.9. The third-order valence-corrected chi connectivity index (χ3v) is 3.93. The van der Waals surface area contributed by atoms with Gasteiger partial charge in [-0.15, -0.1) is 0 Å². The second-order valence-corrected chi connectivity index (χ2v) is 6.85. The Kier molecular flexibility index (Phi) is 7.33. The molecule has 1 aliphatic carbocycles. The van der Waals surface area contributed by atoms with E-state index >= 15 is 0 Å². The summed E-state index contributed by atoms with van der Waals surface area (Å²) in [5.41, 5.74) is 1.02. The molecule has 2 N–H and O–H groups in total. The first-order valence-corrected chi connectivity index (χ1v) is 8.83. The fraction of sp³-hybridized carbons (Fsp3) is 0.588. The monoisotopic (exact) mass is 378 g/mol. The molecule has 0 aliphatic heterocycles. The van der Waals surface area contributed by atoms with Crippen LogP contribution in [0.4, 0.5) is 4.79 Å². The Morgan fingerprint density at radius 2 is 2.22 bits per heavy atom. The molecular weight excluding hydrogens is 352 g/mol. The van der Waals surface area contributed by atoms with E-state index in [-0.39, 0.29) is 12.5 Å². The van der Waals surface area contributed by atoms with Crippen molar-refractivity contribution in [1.82, 2.24) is 29.9 Å². The molecule has 2 amide bonds. The molecule has 0 bridgehead atoms. The van der Waals surface area contributed by atoms with Crippen LogP contribution in [0.15, 0.2) is 17.0 Å². The molecule has 0 spiro atoms. The molecule has 2 aromatic rings. The number of nitrogens with zero attached hydrogens (tertiary/aromatic N) is 5. The smallest absolute Gasteiger partial charge is 0.317 e. The molecule has 0 aromatic carbocycles. The van der Waals surface area contributed by atoms with Gasteiger partial charge in [0, 0.05) is 25.7 Å². The van der Waals surface area contributed by atoms with Gasteiger partial charge in [0.2, 0.25) is 5.89 Å². The van der Waals surface area contributed by atoms with Crippen LogP contribution in [-0.4, -0.2) is 49.2 Å². The van der Waals surface area contributed by atoms with Gasteiger partial charge >= 0.3 is 6.03 Å². The molecule has 1 saturated carbocycles. The van der Waals surface area contributed by atoms with Crippen LogP contribution in [0.1, 0.15) is 50.1 Å². The lowest BCUT2D eigenvalue weighted by molar-refractivity contribution is -0.122. The first kappa shape index (κ1) is 20.4. The lowest BCUT2D eigenvalue weighted by atomic mass is 10.1. The van der Waals surface area contributed by atoms with E-state index in [4.69, 9.17) is 14.4 Å². The number of carbonyl (C=O) groups is 2. The van der Waals surface area contributed by atoms with Crippen molar-refractivity contribution in [2.24, 2.45) is 5.92 Å². The van der Waals surface area contributed by atoms with E-state index in [2.05, 4.69) is 38.9 Å². The Labute approximate surface area is 157 Å². The number of carbonyl (C=O) groups excluding carboxylic acids is 1. The topological polar surface area (TPSA) is 126 Å². The van der Waals surface area contributed by atoms with Gasteiger partial charge in [0.1, 0.15) is 6.54 Å². The van der Waals surface area contributed by atoms with Crippen molar-refractivity contribution in [1.29, 1.82) is 0 Å². The standard InChI is InChI=1S/C16H24N6O2.CH2O2/c1-11(2)6-14-19-15(24-20-14)9-21(3)16(23)18-8-13-7-17-10-22(13)12-4-5-12;2-1-3/h7,10-12H,4-6,8-9H2,1-3H3,(H,18,23);1H,(H,2,3). The second-order valence-electron chi connectivity index (χ2n) is 6.85. The SMILES string of the molecule is CC(C)Cc1noc(CN(C)C(=O)NCc2cncn2C2CC2)n1.O=CO. The van der Waals surface area contributed by atoms with Crippen LogP contribution in [0.3, 0.4) is 0 Å². The van der Waals surface area contributed by atoms with Crippen molar-refractivity contribution in [2.75, 3.05) is 7.05 Å². The van der Waals surface area contributed by atoms with Crippen LogP contribution in [0.2, 0.25) is 0 Å². The average molecular weight is 378 g/mol. The van der Waals surface area contributed by atoms with Gasteiger partial charge in [-0.3, -0.25) is 4.79 Å². The fourth-order valence-corrected chi connectivity index (χ4v) is 2.53. The molecule has 0 radical (unpaired) electrons. The highest BCUT2D eigenvalue weighted by Crippen LogP contribution is 2.35. The highest BCUT2D eigenvalue weighted by molar-refractivity contribution is 5.73. The fourth-order valence-electron chi connectivity index (χ4n) is 2.53. The minimum Gasteiger partial charge on any atom is -0.483 e. The number of nitrogens with one attached hydrogen (secondary N) is 1. The van der Waals surface area contributed by atoms with Gasteiger partial charge in [-0.05, 0) is 18.8 Å². The zero-order chi connectivity index (χ0) is 19.8. The molecule has 1 aliphatic rings. The Morgan fingerprint density at radius 1 is 1.52 bits per heavy atom. The average Bonchev–Trinajstić information content (AvgIpc) is 3.19. The van der Waals surface area contributed by atoms with Crippen molar-refractivity contribution in [3.8, 4) is 0 Å². The summed E-state index contributed by atoms with van der Waals surface area (Å²) >= 11 is 0. The van der Waals surface area contributed by atoms with E-state index in [0.717, 1.165) is 12.1 Å². The van der Waals surface area contributed by atoms with Crippen LogP contribution < -0.4 is 5.32 Å². The van der Waals surface area contributed by atoms with Crippen LogP contribution in [-0.2, 0) is 24.3 Å². The van der Waals surface area contributed by atoms with Gasteiger partial charge in [0.05, 0.1) is 18.6 Å². The van der Waals surface area contributed by atoms with Gasteiger partial charge in [0.15, 0.2) is 5.82 Å². The Hall–Kier alpha value is -2.91. The number of urea groups is 1. The number of carboxylic acid groups (broad SMARTS) is 1. The maximum absolute atomic E-state index is 12.2. The molecule has 10 nitrogen and oxygen atoms in total. The van der Waals surface area contributed by atoms with E-state index in [1.54, 1.807) is 13.2 Å². The Bertz CT molecular complexity index is 737. The number of aromatic nitrogens is 4. The minimum atomic E-state index is -0.250. The van der Waals surface area contributed by atoms with Crippen LogP contribution >= 0.6 is 0 Å². The first-order valence-electron chi connectivity index (χ1n) is 8.83. The third kappa shape index (κ3) is 6.39. The van der Waals surface area contributed by atoms with Gasteiger partial charge in [-0.1, -0.05) is 19.0 Å². The van der Waals surface area contributed by atoms with Crippen LogP contribution in [0, 0.1) is 5.92 Å². The number of hydrogen-bond donors (Lipinski definition) is 2. The summed E-state index contributed by atoms with van der Waals surface area (Å²) in [5, 5.41) is 13.7. The lowest BCUT2D eigenvalue weighted by Gasteiger charge is -2.16. The van der Waals surface area contributed by atoms with Crippen molar-refractivity contribution >= 4 is 12.5 Å². The third-order valence-electron chi connectivity index (χ3n) is 3.93. The summed E-state index contributed by atoms with van der Waals surface area (Å²) in [6, 6.07) is 0.372. The van der Waals surface area contributed by atoms with Crippen molar-refractivity contribution in [3.63, 3.8) is 0 Å². The van der Waals surface area contributed by atoms with Crippen LogP contribution in [0.25, 0.3) is 0 Å². The molecule has 2 heterocycles. The minimum absolute atomic E-state index is 0.179. The maximum Gasteiger partial charge on any atom is 0.317 e. The molecule has 10 heteroatoms. The molecule has 148 valence electrons. The summed E-state index contributed by atoms with van der Waals surface area (Å²) in [6.07, 6.45) is 6.77. The van der Waals surface area contributed by atoms with Crippen LogP contribution in [0.5, 0.6) is 0 Å². The summed E-state index contributed by atoms with van der Waals surface area (Å²) in [6.45, 7) is 4.70. The van der Waals surface area contributed by atoms with E-state index in [1.165, 1.54) is 17.7 Å². The predicted octanol–water partition coefficient (Wildman–Crippen LogP) is 1.84. The normalized spacial score (nSPS) is 13.0. The Balaban J connectivity index is 0.000000817. The van der Waals surface area contributed by atoms with E-state index in [0.29, 0.717) is 36.8 Å². The zero-order valence-electron chi connectivity index (χ0n) is 15.8. The van der Waals surface area contributed by atoms with E-state index in [9.17, 15) is 4.79 Å². The predicted molar refractivity (Wildman–Crippen MR) is 95.7 cm³/mol. The highest BCUT2D eigenvalue weighted by atomic mass is 16.5. The zero-order valence-corrected chi connectivity index (χ0v) is 15.8. The molecule has 0 unspecified atom stereocenters. The van der Waals surface area contributed by atoms with Gasteiger partial charge < -0.3 is 24.4 Å². The van der Waals surface area contributed by atoms with Gasteiger partial charge in [-0.2, -0.15) is 4.98 Å². The number of hydrogen-bond acceptors (Lipinski definition) is 6. The Morgan fingerprint density at radius 3 is 2.85 bits per heavy atom. The highest BCUT2D eigenvalue weighted by Gasteiger charge is 2.25. The molecule has 2 aromatic heterocycles. The summed E-state index contributed by atoms with van der Waals surface area (Å²) in [4.78, 5) is 30.6. The summed E-state index contributed by atoms with van der Waals surface area (Å²) in [5.74, 6) is 1.60.